The highest BCUT2D eigenvalue weighted by molar-refractivity contribution is 5.84. The number of benzene rings is 2. The van der Waals surface area contributed by atoms with Crippen LogP contribution in [0.4, 0.5) is 4.79 Å². The zero-order chi connectivity index (χ0) is 25.8. The maximum atomic E-state index is 11.6. The molecule has 1 saturated heterocycles. The second-order valence-electron chi connectivity index (χ2n) is 9.29. The Balaban J connectivity index is 1.31. The zero-order valence-corrected chi connectivity index (χ0v) is 20.2. The summed E-state index contributed by atoms with van der Waals surface area (Å²) >= 11 is 0. The number of ether oxygens (including phenoxy) is 3. The van der Waals surface area contributed by atoms with Crippen molar-refractivity contribution in [1.29, 1.82) is 0 Å². The second kappa shape index (κ2) is 8.36. The molecule has 0 atom stereocenters. The van der Waals surface area contributed by atoms with E-state index < -0.39 is 17.4 Å². The predicted octanol–water partition coefficient (Wildman–Crippen LogP) is 5.15. The lowest BCUT2D eigenvalue weighted by atomic mass is 9.96. The third kappa shape index (κ3) is 4.17. The Bertz CT molecular complexity index is 1620. The summed E-state index contributed by atoms with van der Waals surface area (Å²) < 4.78 is 34.1. The number of hydrogen-bond acceptors (Lipinski definition) is 9. The van der Waals surface area contributed by atoms with Crippen LogP contribution in [-0.2, 0) is 15.0 Å². The molecule has 0 unspecified atom stereocenters. The Morgan fingerprint density at radius 3 is 2.57 bits per heavy atom. The van der Waals surface area contributed by atoms with Crippen LogP contribution in [0.25, 0.3) is 45.0 Å². The molecule has 2 aromatic carbocycles. The Hall–Kier alpha value is -4.35. The number of amides is 1. The molecule has 1 amide bonds. The molecule has 0 saturated carbocycles. The Morgan fingerprint density at radius 2 is 1.81 bits per heavy atom. The fourth-order valence-corrected chi connectivity index (χ4v) is 4.26. The average Bonchev–Trinajstić information content (AvgIpc) is 3.61. The van der Waals surface area contributed by atoms with Gasteiger partial charge in [0.2, 0.25) is 5.82 Å². The van der Waals surface area contributed by atoms with Gasteiger partial charge in [-0.25, -0.2) is 4.79 Å². The molecule has 5 aromatic rings. The molecule has 11 nitrogen and oxygen atoms in total. The lowest BCUT2D eigenvalue weighted by molar-refractivity contribution is -0.274. The summed E-state index contributed by atoms with van der Waals surface area (Å²) in [6.07, 6.45) is -1.21. The minimum Gasteiger partial charge on any atom is -0.497 e. The zero-order valence-electron chi connectivity index (χ0n) is 20.2. The topological polar surface area (TPSA) is 142 Å². The number of rotatable bonds is 5. The van der Waals surface area contributed by atoms with E-state index in [1.165, 1.54) is 0 Å². The van der Waals surface area contributed by atoms with E-state index in [2.05, 4.69) is 15.5 Å². The molecule has 3 aromatic heterocycles. The Morgan fingerprint density at radius 1 is 1.00 bits per heavy atom. The van der Waals surface area contributed by atoms with Crippen molar-refractivity contribution in [1.82, 2.24) is 15.5 Å². The van der Waals surface area contributed by atoms with Crippen molar-refractivity contribution in [2.45, 2.75) is 25.2 Å². The predicted molar refractivity (Wildman–Crippen MR) is 130 cm³/mol. The van der Waals surface area contributed by atoms with Gasteiger partial charge in [-0.15, -0.1) is 0 Å². The van der Waals surface area contributed by atoms with Crippen LogP contribution in [0.15, 0.2) is 61.9 Å². The van der Waals surface area contributed by atoms with E-state index >= 15 is 0 Å². The number of fused-ring (bicyclic) bond motifs is 2. The van der Waals surface area contributed by atoms with Crippen molar-refractivity contribution in [2.24, 2.45) is 0 Å². The number of nitrogens with zero attached hydrogens (tertiary/aromatic N) is 2. The van der Waals surface area contributed by atoms with E-state index in [0.29, 0.717) is 39.8 Å². The van der Waals surface area contributed by atoms with Gasteiger partial charge in [-0.2, -0.15) is 4.98 Å². The fourth-order valence-electron chi connectivity index (χ4n) is 4.26. The van der Waals surface area contributed by atoms with Crippen molar-refractivity contribution < 1.29 is 37.5 Å². The number of methoxy groups -OCH3 is 1. The third-order valence-corrected chi connectivity index (χ3v) is 6.29. The molecular weight excluding hydrogens is 482 g/mol. The third-order valence-electron chi connectivity index (χ3n) is 6.29. The van der Waals surface area contributed by atoms with Crippen LogP contribution in [-0.4, -0.2) is 47.5 Å². The summed E-state index contributed by atoms with van der Waals surface area (Å²) in [5.41, 5.74) is 0.698. The maximum Gasteiger partial charge on any atom is 0.405 e. The van der Waals surface area contributed by atoms with Crippen LogP contribution >= 0.6 is 0 Å². The molecule has 2 N–H and O–H groups in total. The molecule has 4 heterocycles. The van der Waals surface area contributed by atoms with Crippen LogP contribution in [0, 0.1) is 0 Å². The molecule has 0 bridgehead atoms. The molecule has 6 rings (SSSR count). The van der Waals surface area contributed by atoms with Gasteiger partial charge in [0.1, 0.15) is 28.2 Å². The normalized spacial score (nSPS) is 16.7. The largest absolute Gasteiger partial charge is 0.497 e. The molecule has 37 heavy (non-hydrogen) atoms. The summed E-state index contributed by atoms with van der Waals surface area (Å²) in [5.74, 6) is 1.27. The lowest BCUT2D eigenvalue weighted by Crippen LogP contribution is -2.58. The first kappa shape index (κ1) is 23.1. The first-order valence-corrected chi connectivity index (χ1v) is 11.5. The average molecular weight is 505 g/mol. The molecular formula is C26H23N3O8. The number of carbonyl (C=O) groups is 1. The second-order valence-corrected chi connectivity index (χ2v) is 9.29. The van der Waals surface area contributed by atoms with E-state index in [4.69, 9.17) is 27.6 Å². The number of hydrogen-bond donors (Lipinski definition) is 2. The van der Waals surface area contributed by atoms with E-state index in [1.807, 2.05) is 24.3 Å². The van der Waals surface area contributed by atoms with Gasteiger partial charge in [-0.1, -0.05) is 5.16 Å². The van der Waals surface area contributed by atoms with Gasteiger partial charge in [-0.3, -0.25) is 0 Å². The van der Waals surface area contributed by atoms with Gasteiger partial charge in [0.05, 0.1) is 20.3 Å². The van der Waals surface area contributed by atoms with Crippen LogP contribution in [0.1, 0.15) is 19.6 Å². The van der Waals surface area contributed by atoms with Gasteiger partial charge in [-0.05, 0) is 56.3 Å². The van der Waals surface area contributed by atoms with E-state index in [0.717, 1.165) is 10.8 Å². The summed E-state index contributed by atoms with van der Waals surface area (Å²) in [5, 5.41) is 17.7. The van der Waals surface area contributed by atoms with Crippen LogP contribution < -0.4 is 10.1 Å². The van der Waals surface area contributed by atoms with Gasteiger partial charge >= 0.3 is 6.09 Å². The lowest BCUT2D eigenvalue weighted by Gasteiger charge is -2.41. The Kier molecular flexibility index (Phi) is 5.21. The molecule has 1 aliphatic rings. The number of aromatic nitrogens is 2. The van der Waals surface area contributed by atoms with Crippen LogP contribution in [0.5, 0.6) is 5.75 Å². The SMILES string of the molecule is COc1ccc2cc(-c3nc(-c4ccc5oc(C6(NC(=O)O)COC(C)(C)OC6)cc5c4)no3)oc2c1. The summed E-state index contributed by atoms with van der Waals surface area (Å²) in [4.78, 5) is 16.1. The monoisotopic (exact) mass is 505 g/mol. The van der Waals surface area contributed by atoms with Crippen molar-refractivity contribution in [3.8, 4) is 28.8 Å². The Labute approximate surface area is 209 Å². The fraction of sp³-hybridized carbons (Fsp3) is 0.269. The molecule has 0 radical (unpaired) electrons. The molecule has 190 valence electrons. The van der Waals surface area contributed by atoms with Crippen molar-refractivity contribution in [3.05, 3.63) is 54.3 Å². The minimum absolute atomic E-state index is 0.0521. The van der Waals surface area contributed by atoms with E-state index in [-0.39, 0.29) is 19.1 Å². The van der Waals surface area contributed by atoms with Gasteiger partial charge < -0.3 is 38.0 Å². The number of furan rings is 2. The quantitative estimate of drug-likeness (QED) is 0.329. The summed E-state index contributed by atoms with van der Waals surface area (Å²) in [7, 11) is 1.59. The van der Waals surface area contributed by atoms with Crippen LogP contribution in [0.3, 0.4) is 0 Å². The first-order valence-electron chi connectivity index (χ1n) is 11.5. The van der Waals surface area contributed by atoms with Gasteiger partial charge in [0, 0.05) is 22.4 Å². The van der Waals surface area contributed by atoms with Crippen molar-refractivity contribution in [2.75, 3.05) is 20.3 Å². The molecule has 0 aliphatic carbocycles. The number of carboxylic acid groups (broad SMARTS) is 1. The van der Waals surface area contributed by atoms with E-state index in [1.54, 1.807) is 45.2 Å². The number of nitrogens with one attached hydrogen (secondary N) is 1. The highest BCUT2D eigenvalue weighted by atomic mass is 16.7. The minimum atomic E-state index is -1.21. The molecule has 1 fully saturated rings. The molecule has 1 aliphatic heterocycles. The van der Waals surface area contributed by atoms with Crippen LogP contribution in [0.2, 0.25) is 0 Å². The van der Waals surface area contributed by atoms with Gasteiger partial charge in [0.25, 0.3) is 5.89 Å². The van der Waals surface area contributed by atoms with Crippen molar-refractivity contribution in [3.63, 3.8) is 0 Å². The highest BCUT2D eigenvalue weighted by Gasteiger charge is 2.45. The molecule has 11 heteroatoms. The summed E-state index contributed by atoms with van der Waals surface area (Å²) in [6.45, 7) is 3.64. The maximum absolute atomic E-state index is 11.6. The van der Waals surface area contributed by atoms with E-state index in [9.17, 15) is 9.90 Å². The van der Waals surface area contributed by atoms with Crippen molar-refractivity contribution >= 4 is 28.0 Å². The smallest absolute Gasteiger partial charge is 0.405 e. The molecule has 0 spiro atoms. The summed E-state index contributed by atoms with van der Waals surface area (Å²) in [6, 6.07) is 14.5. The standard InChI is InChI=1S/C26H23N3O8/c1-25(2)33-12-26(13-34-25,28-24(30)31)21-10-16-8-15(5-7-18(16)36-21)22-27-23(37-29-22)20-9-14-4-6-17(32-3)11-19(14)35-20/h4-11,28H,12-13H2,1-3H3,(H,30,31). The first-order chi connectivity index (χ1) is 17.7. The highest BCUT2D eigenvalue weighted by Crippen LogP contribution is 2.36. The van der Waals surface area contributed by atoms with Gasteiger partial charge in [0.15, 0.2) is 11.5 Å².